The van der Waals surface area contributed by atoms with Crippen molar-refractivity contribution < 1.29 is 13.2 Å². The molecule has 0 atom stereocenters. The van der Waals surface area contributed by atoms with Gasteiger partial charge in [0.05, 0.1) is 26.2 Å². The van der Waals surface area contributed by atoms with Gasteiger partial charge in [0.2, 0.25) is 0 Å². The van der Waals surface area contributed by atoms with Gasteiger partial charge in [-0.05, 0) is 48.0 Å². The van der Waals surface area contributed by atoms with E-state index in [-0.39, 0.29) is 10.6 Å². The van der Waals surface area contributed by atoms with Gasteiger partial charge in [-0.25, -0.2) is 13.1 Å². The number of hydrogen-bond acceptors (Lipinski definition) is 5. The molecule has 2 aromatic carbocycles. The lowest BCUT2D eigenvalue weighted by atomic mass is 10.2. The summed E-state index contributed by atoms with van der Waals surface area (Å²) in [7, 11) is -3.31. The maximum absolute atomic E-state index is 11.9. The Bertz CT molecular complexity index is 1370. The first-order valence-corrected chi connectivity index (χ1v) is 11.9. The fourth-order valence-electron chi connectivity index (χ4n) is 2.99. The Morgan fingerprint density at radius 2 is 1.77 bits per heavy atom. The van der Waals surface area contributed by atoms with Crippen LogP contribution in [-0.2, 0) is 9.84 Å². The Kier molecular flexibility index (Phi) is 5.23. The monoisotopic (exact) mass is 457 g/mol. The summed E-state index contributed by atoms with van der Waals surface area (Å²) in [6, 6.07) is 19.4. The minimum absolute atomic E-state index is 0.124. The molecule has 0 saturated heterocycles. The average molecular weight is 458 g/mol. The highest BCUT2D eigenvalue weighted by Gasteiger charge is 2.18. The van der Waals surface area contributed by atoms with Crippen LogP contribution in [0.5, 0.6) is 0 Å². The Hall–Kier alpha value is -2.94. The predicted octanol–water partition coefficient (Wildman–Crippen LogP) is 4.42. The van der Waals surface area contributed by atoms with Crippen LogP contribution in [0, 0.1) is 0 Å². The fraction of sp³-hybridized carbons (Fsp3) is 0.0476. The van der Waals surface area contributed by atoms with E-state index in [1.165, 1.54) is 17.6 Å². The van der Waals surface area contributed by atoms with Gasteiger partial charge in [0, 0.05) is 11.1 Å². The third-order valence-corrected chi connectivity index (χ3v) is 7.03. The summed E-state index contributed by atoms with van der Waals surface area (Å²) in [5.74, 6) is -0.639. The maximum atomic E-state index is 11.9. The molecule has 0 aliphatic carbocycles. The highest BCUT2D eigenvalue weighted by Crippen LogP contribution is 2.37. The molecule has 6 nitrogen and oxygen atoms in total. The van der Waals surface area contributed by atoms with Crippen LogP contribution in [0.2, 0.25) is 5.02 Å². The van der Waals surface area contributed by atoms with Gasteiger partial charge >= 0.3 is 0 Å². The first kappa shape index (κ1) is 20.3. The Morgan fingerprint density at radius 1 is 1.03 bits per heavy atom. The largest absolute Gasteiger partial charge is 0.364 e. The van der Waals surface area contributed by atoms with Crippen LogP contribution in [0.3, 0.4) is 0 Å². The molecule has 0 unspecified atom stereocenters. The molecular formula is C21H16ClN3O3S2. The molecule has 0 bridgehead atoms. The van der Waals surface area contributed by atoms with Crippen LogP contribution in [0.4, 0.5) is 0 Å². The lowest BCUT2D eigenvalue weighted by molar-refractivity contribution is 0.0995. The highest BCUT2D eigenvalue weighted by molar-refractivity contribution is 7.90. The van der Waals surface area contributed by atoms with E-state index in [1.807, 2.05) is 30.3 Å². The number of halogens is 1. The first-order valence-electron chi connectivity index (χ1n) is 8.79. The van der Waals surface area contributed by atoms with Crippen molar-refractivity contribution in [2.75, 3.05) is 6.26 Å². The van der Waals surface area contributed by atoms with Crippen LogP contribution in [-0.4, -0.2) is 30.4 Å². The molecule has 1 amide bonds. The number of carbonyl (C=O) groups is 1. The standard InChI is InChI=1S/C21H16ClN3O3S2/c1-30(27,28)14-6-4-5-13(11-14)19-9-10-20(29-19)18-12-16(21(23)26)24-25(18)17-8-3-2-7-15(17)22/h2-12H,1H3,(H2,23,26). The number of thiophene rings is 1. The Morgan fingerprint density at radius 3 is 2.47 bits per heavy atom. The third kappa shape index (κ3) is 3.89. The molecule has 152 valence electrons. The summed E-state index contributed by atoms with van der Waals surface area (Å²) in [4.78, 5) is 13.7. The molecule has 0 spiro atoms. The van der Waals surface area contributed by atoms with E-state index < -0.39 is 15.7 Å². The molecule has 4 aromatic rings. The SMILES string of the molecule is CS(=O)(=O)c1cccc(-c2ccc(-c3cc(C(N)=O)nn3-c3ccccc3Cl)s2)c1. The summed E-state index contributed by atoms with van der Waals surface area (Å²) in [6.45, 7) is 0. The molecule has 30 heavy (non-hydrogen) atoms. The van der Waals surface area contributed by atoms with Crippen LogP contribution >= 0.6 is 22.9 Å². The van der Waals surface area contributed by atoms with Crippen molar-refractivity contribution in [3.05, 3.63) is 77.4 Å². The van der Waals surface area contributed by atoms with Crippen molar-refractivity contribution in [2.45, 2.75) is 4.90 Å². The van der Waals surface area contributed by atoms with E-state index in [9.17, 15) is 13.2 Å². The zero-order chi connectivity index (χ0) is 21.5. The quantitative estimate of drug-likeness (QED) is 0.479. The summed E-state index contributed by atoms with van der Waals surface area (Å²) in [5, 5.41) is 4.81. The van der Waals surface area contributed by atoms with Crippen molar-refractivity contribution in [2.24, 2.45) is 5.73 Å². The maximum Gasteiger partial charge on any atom is 0.269 e. The van der Waals surface area contributed by atoms with E-state index in [2.05, 4.69) is 5.10 Å². The van der Waals surface area contributed by atoms with Crippen LogP contribution in [0.1, 0.15) is 10.5 Å². The topological polar surface area (TPSA) is 95.0 Å². The molecular weight excluding hydrogens is 442 g/mol. The molecule has 9 heteroatoms. The number of nitrogens with two attached hydrogens (primary N) is 1. The fourth-order valence-corrected chi connectivity index (χ4v) is 4.88. The van der Waals surface area contributed by atoms with E-state index in [0.717, 1.165) is 15.3 Å². The van der Waals surface area contributed by atoms with Gasteiger partial charge in [-0.3, -0.25) is 4.79 Å². The second-order valence-corrected chi connectivity index (χ2v) is 10.1. The molecule has 2 N–H and O–H groups in total. The predicted molar refractivity (Wildman–Crippen MR) is 119 cm³/mol. The third-order valence-electron chi connectivity index (χ3n) is 4.45. The smallest absolute Gasteiger partial charge is 0.269 e. The normalized spacial score (nSPS) is 11.5. The van der Waals surface area contributed by atoms with Gasteiger partial charge in [-0.15, -0.1) is 11.3 Å². The molecule has 2 heterocycles. The molecule has 0 aliphatic heterocycles. The number of rotatable bonds is 5. The van der Waals surface area contributed by atoms with Gasteiger partial charge in [0.1, 0.15) is 0 Å². The molecule has 0 fully saturated rings. The van der Waals surface area contributed by atoms with E-state index in [4.69, 9.17) is 17.3 Å². The van der Waals surface area contributed by atoms with Gasteiger partial charge in [0.25, 0.3) is 5.91 Å². The van der Waals surface area contributed by atoms with Gasteiger partial charge in [-0.1, -0.05) is 35.9 Å². The van der Waals surface area contributed by atoms with Gasteiger partial charge in [0.15, 0.2) is 15.5 Å². The van der Waals surface area contributed by atoms with Crippen molar-refractivity contribution in [1.82, 2.24) is 9.78 Å². The van der Waals surface area contributed by atoms with Crippen LogP contribution < -0.4 is 5.73 Å². The van der Waals surface area contributed by atoms with Crippen molar-refractivity contribution in [3.8, 4) is 26.7 Å². The van der Waals surface area contributed by atoms with Gasteiger partial charge in [-0.2, -0.15) is 5.10 Å². The number of para-hydroxylation sites is 1. The second kappa shape index (κ2) is 7.71. The first-order chi connectivity index (χ1) is 14.2. The number of primary amides is 1. The summed E-state index contributed by atoms with van der Waals surface area (Å²) >= 11 is 7.79. The summed E-state index contributed by atoms with van der Waals surface area (Å²) in [6.07, 6.45) is 1.18. The van der Waals surface area contributed by atoms with Crippen molar-refractivity contribution >= 4 is 38.7 Å². The molecule has 0 aliphatic rings. The second-order valence-electron chi connectivity index (χ2n) is 6.61. The van der Waals surface area contributed by atoms with Crippen LogP contribution in [0.15, 0.2) is 71.6 Å². The number of nitrogens with zero attached hydrogens (tertiary/aromatic N) is 2. The number of benzene rings is 2. The van der Waals surface area contributed by atoms with E-state index in [0.29, 0.717) is 16.4 Å². The number of aromatic nitrogens is 2. The molecule has 0 saturated carbocycles. The summed E-state index contributed by atoms with van der Waals surface area (Å²) < 4.78 is 25.3. The molecule has 4 rings (SSSR count). The van der Waals surface area contributed by atoms with E-state index in [1.54, 1.807) is 41.1 Å². The minimum atomic E-state index is -3.31. The number of hydrogen-bond donors (Lipinski definition) is 1. The number of carbonyl (C=O) groups excluding carboxylic acids is 1. The number of sulfone groups is 1. The molecule has 2 aromatic heterocycles. The lowest BCUT2D eigenvalue weighted by Gasteiger charge is -2.07. The Labute approximate surface area is 182 Å². The van der Waals surface area contributed by atoms with Gasteiger partial charge < -0.3 is 5.73 Å². The number of amides is 1. The highest BCUT2D eigenvalue weighted by atomic mass is 35.5. The Balaban J connectivity index is 1.83. The molecule has 0 radical (unpaired) electrons. The zero-order valence-corrected chi connectivity index (χ0v) is 18.1. The van der Waals surface area contributed by atoms with Crippen molar-refractivity contribution in [1.29, 1.82) is 0 Å². The van der Waals surface area contributed by atoms with Crippen molar-refractivity contribution in [3.63, 3.8) is 0 Å². The minimum Gasteiger partial charge on any atom is -0.364 e. The average Bonchev–Trinajstić information content (AvgIpc) is 3.35. The van der Waals surface area contributed by atoms with Crippen LogP contribution in [0.25, 0.3) is 26.7 Å². The summed E-state index contributed by atoms with van der Waals surface area (Å²) in [5.41, 5.74) is 7.63. The lowest BCUT2D eigenvalue weighted by Crippen LogP contribution is -2.12. The van der Waals surface area contributed by atoms with E-state index >= 15 is 0 Å². The zero-order valence-electron chi connectivity index (χ0n) is 15.7.